The van der Waals surface area contributed by atoms with Crippen molar-refractivity contribution in [1.29, 1.82) is 0 Å². The predicted octanol–water partition coefficient (Wildman–Crippen LogP) is 4.59. The van der Waals surface area contributed by atoms with Crippen LogP contribution in [0.15, 0.2) is 65.6 Å². The summed E-state index contributed by atoms with van der Waals surface area (Å²) in [4.78, 5) is 12.9. The third-order valence-corrected chi connectivity index (χ3v) is 7.78. The number of methoxy groups -OCH3 is 1. The molecule has 0 spiro atoms. The number of aryl methyl sites for hydroxylation is 1. The number of anilines is 1. The number of rotatable bonds is 7. The fourth-order valence-electron chi connectivity index (χ4n) is 4.16. The first-order valence-corrected chi connectivity index (χ1v) is 12.4. The van der Waals surface area contributed by atoms with Crippen molar-refractivity contribution >= 4 is 32.4 Å². The number of fused-ring (bicyclic) bond motifs is 1. The molecule has 1 amide bonds. The van der Waals surface area contributed by atoms with E-state index in [1.54, 1.807) is 29.6 Å². The van der Waals surface area contributed by atoms with E-state index in [9.17, 15) is 13.2 Å². The highest BCUT2D eigenvalue weighted by Gasteiger charge is 2.26. The molecule has 7 heteroatoms. The molecular weight excluding hydrogens is 424 g/mol. The number of nitrogens with zero attached hydrogens (tertiary/aromatic N) is 1. The summed E-state index contributed by atoms with van der Waals surface area (Å²) in [5.74, 6) is 0.452. The van der Waals surface area contributed by atoms with E-state index in [1.165, 1.54) is 0 Å². The van der Waals surface area contributed by atoms with Crippen LogP contribution in [0, 0.1) is 0 Å². The van der Waals surface area contributed by atoms with E-state index in [2.05, 4.69) is 5.32 Å². The SMILES string of the molecule is COc1ccc(S(=O)(=O)N2CCCCC2)cc1CCC(=O)Nc1cccc2ccccc12. The van der Waals surface area contributed by atoms with Crippen LogP contribution in [0.25, 0.3) is 10.8 Å². The van der Waals surface area contributed by atoms with Gasteiger partial charge < -0.3 is 10.1 Å². The molecule has 1 aliphatic rings. The Morgan fingerprint density at radius 1 is 1.00 bits per heavy atom. The number of benzene rings is 3. The molecule has 1 N–H and O–H groups in total. The van der Waals surface area contributed by atoms with Crippen LogP contribution in [-0.4, -0.2) is 38.8 Å². The third-order valence-electron chi connectivity index (χ3n) is 5.89. The zero-order valence-electron chi connectivity index (χ0n) is 18.2. The van der Waals surface area contributed by atoms with Gasteiger partial charge in [-0.05, 0) is 54.5 Å². The Balaban J connectivity index is 1.49. The highest BCUT2D eigenvalue weighted by Crippen LogP contribution is 2.28. The van der Waals surface area contributed by atoms with Crippen molar-refractivity contribution in [2.45, 2.75) is 37.0 Å². The van der Waals surface area contributed by atoms with Gasteiger partial charge in [0.1, 0.15) is 5.75 Å². The van der Waals surface area contributed by atoms with Gasteiger partial charge >= 0.3 is 0 Å². The molecule has 0 atom stereocenters. The Kier molecular flexibility index (Phi) is 6.77. The van der Waals surface area contributed by atoms with Gasteiger partial charge in [0, 0.05) is 30.6 Å². The van der Waals surface area contributed by atoms with E-state index < -0.39 is 10.0 Å². The molecule has 1 aliphatic heterocycles. The van der Waals surface area contributed by atoms with Gasteiger partial charge in [0.25, 0.3) is 0 Å². The van der Waals surface area contributed by atoms with Crippen LogP contribution in [0.4, 0.5) is 5.69 Å². The molecule has 0 bridgehead atoms. The third kappa shape index (κ3) is 4.79. The fourth-order valence-corrected chi connectivity index (χ4v) is 5.73. The van der Waals surface area contributed by atoms with E-state index in [4.69, 9.17) is 4.74 Å². The number of nitrogens with one attached hydrogen (secondary N) is 1. The molecule has 0 aliphatic carbocycles. The molecule has 4 rings (SSSR count). The minimum Gasteiger partial charge on any atom is -0.496 e. The summed E-state index contributed by atoms with van der Waals surface area (Å²) in [7, 11) is -1.99. The number of amides is 1. The topological polar surface area (TPSA) is 75.7 Å². The number of piperidine rings is 1. The molecule has 0 unspecified atom stereocenters. The second-order valence-electron chi connectivity index (χ2n) is 8.01. The molecule has 32 heavy (non-hydrogen) atoms. The summed E-state index contributed by atoms with van der Waals surface area (Å²) in [6.45, 7) is 1.11. The lowest BCUT2D eigenvalue weighted by molar-refractivity contribution is -0.116. The van der Waals surface area contributed by atoms with Gasteiger partial charge in [0.15, 0.2) is 0 Å². The van der Waals surface area contributed by atoms with E-state index in [0.717, 1.165) is 35.7 Å². The van der Waals surface area contributed by atoms with Gasteiger partial charge in [-0.3, -0.25) is 4.79 Å². The Morgan fingerprint density at radius 3 is 2.53 bits per heavy atom. The van der Waals surface area contributed by atoms with Crippen molar-refractivity contribution in [3.63, 3.8) is 0 Å². The minimum atomic E-state index is -3.54. The van der Waals surface area contributed by atoms with E-state index >= 15 is 0 Å². The number of carbonyl (C=O) groups is 1. The summed E-state index contributed by atoms with van der Waals surface area (Å²) in [5.41, 5.74) is 1.47. The van der Waals surface area contributed by atoms with Gasteiger partial charge in [-0.25, -0.2) is 8.42 Å². The maximum absolute atomic E-state index is 13.0. The summed E-state index contributed by atoms with van der Waals surface area (Å²) in [6, 6.07) is 18.6. The number of hydrogen-bond donors (Lipinski definition) is 1. The average Bonchev–Trinajstić information content (AvgIpc) is 2.83. The zero-order valence-corrected chi connectivity index (χ0v) is 19.0. The van der Waals surface area contributed by atoms with Crippen molar-refractivity contribution < 1.29 is 17.9 Å². The van der Waals surface area contributed by atoms with E-state index in [0.29, 0.717) is 30.8 Å². The molecular formula is C25H28N2O4S. The smallest absolute Gasteiger partial charge is 0.243 e. The van der Waals surface area contributed by atoms with Gasteiger partial charge in [-0.15, -0.1) is 0 Å². The highest BCUT2D eigenvalue weighted by atomic mass is 32.2. The second-order valence-corrected chi connectivity index (χ2v) is 9.95. The largest absolute Gasteiger partial charge is 0.496 e. The van der Waals surface area contributed by atoms with Crippen LogP contribution in [0.1, 0.15) is 31.2 Å². The Labute approximate surface area is 189 Å². The summed E-state index contributed by atoms with van der Waals surface area (Å²) >= 11 is 0. The molecule has 3 aromatic rings. The Hall–Kier alpha value is -2.90. The summed E-state index contributed by atoms with van der Waals surface area (Å²) < 4.78 is 33.1. The van der Waals surface area contributed by atoms with Crippen LogP contribution >= 0.6 is 0 Å². The van der Waals surface area contributed by atoms with Crippen molar-refractivity contribution in [2.75, 3.05) is 25.5 Å². The predicted molar refractivity (Wildman–Crippen MR) is 127 cm³/mol. The number of sulfonamides is 1. The van der Waals surface area contributed by atoms with Gasteiger partial charge in [0.2, 0.25) is 15.9 Å². The fraction of sp³-hybridized carbons (Fsp3) is 0.320. The summed E-state index contributed by atoms with van der Waals surface area (Å²) in [6.07, 6.45) is 3.43. The summed E-state index contributed by atoms with van der Waals surface area (Å²) in [5, 5.41) is 5.02. The highest BCUT2D eigenvalue weighted by molar-refractivity contribution is 7.89. The maximum Gasteiger partial charge on any atom is 0.243 e. The van der Waals surface area contributed by atoms with Crippen LogP contribution < -0.4 is 10.1 Å². The first-order chi connectivity index (χ1) is 15.5. The lowest BCUT2D eigenvalue weighted by Gasteiger charge is -2.26. The molecule has 0 saturated carbocycles. The van der Waals surface area contributed by atoms with Crippen molar-refractivity contribution in [2.24, 2.45) is 0 Å². The zero-order chi connectivity index (χ0) is 22.6. The molecule has 168 valence electrons. The number of ether oxygens (including phenoxy) is 1. The first kappa shape index (κ1) is 22.3. The number of carbonyl (C=O) groups excluding carboxylic acids is 1. The molecule has 1 heterocycles. The van der Waals surface area contributed by atoms with Crippen molar-refractivity contribution in [3.05, 3.63) is 66.2 Å². The van der Waals surface area contributed by atoms with Gasteiger partial charge in [-0.2, -0.15) is 4.31 Å². The number of hydrogen-bond acceptors (Lipinski definition) is 4. The average molecular weight is 453 g/mol. The van der Waals surface area contributed by atoms with Crippen molar-refractivity contribution in [1.82, 2.24) is 4.31 Å². The molecule has 6 nitrogen and oxygen atoms in total. The molecule has 1 fully saturated rings. The normalized spacial score (nSPS) is 14.9. The van der Waals surface area contributed by atoms with E-state index in [1.807, 2.05) is 42.5 Å². The van der Waals surface area contributed by atoms with Crippen LogP contribution in [0.2, 0.25) is 0 Å². The van der Waals surface area contributed by atoms with Gasteiger partial charge in [0.05, 0.1) is 12.0 Å². The minimum absolute atomic E-state index is 0.132. The standard InChI is InChI=1S/C25H28N2O4S/c1-31-24-14-13-21(32(29,30)27-16-5-2-6-17-27)18-20(24)12-15-25(28)26-23-11-7-9-19-8-3-4-10-22(19)23/h3-4,7-11,13-14,18H,2,5-6,12,15-17H2,1H3,(H,26,28). The second kappa shape index (κ2) is 9.71. The Bertz CT molecular complexity index is 1210. The van der Waals surface area contributed by atoms with Crippen LogP contribution in [0.3, 0.4) is 0 Å². The van der Waals surface area contributed by atoms with Gasteiger partial charge in [-0.1, -0.05) is 42.8 Å². The quantitative estimate of drug-likeness (QED) is 0.569. The van der Waals surface area contributed by atoms with Crippen LogP contribution in [-0.2, 0) is 21.2 Å². The maximum atomic E-state index is 13.0. The first-order valence-electron chi connectivity index (χ1n) is 10.9. The van der Waals surface area contributed by atoms with E-state index in [-0.39, 0.29) is 17.2 Å². The lowest BCUT2D eigenvalue weighted by atomic mass is 10.1. The van der Waals surface area contributed by atoms with Crippen molar-refractivity contribution in [3.8, 4) is 5.75 Å². The molecule has 0 radical (unpaired) electrons. The lowest BCUT2D eigenvalue weighted by Crippen LogP contribution is -2.35. The van der Waals surface area contributed by atoms with Crippen LogP contribution in [0.5, 0.6) is 5.75 Å². The molecule has 3 aromatic carbocycles. The monoisotopic (exact) mass is 452 g/mol. The molecule has 1 saturated heterocycles. The molecule has 0 aromatic heterocycles. The Morgan fingerprint density at radius 2 is 1.75 bits per heavy atom.